The van der Waals surface area contributed by atoms with Gasteiger partial charge in [0.05, 0.1) is 6.54 Å². The van der Waals surface area contributed by atoms with E-state index >= 15 is 0 Å². The quantitative estimate of drug-likeness (QED) is 0.666. The number of carbonyl (C=O) groups excluding carboxylic acids is 1. The van der Waals surface area contributed by atoms with E-state index in [1.54, 1.807) is 0 Å². The lowest BCUT2D eigenvalue weighted by Crippen LogP contribution is -2.20. The number of benzene rings is 1. The van der Waals surface area contributed by atoms with Crippen molar-refractivity contribution >= 4 is 23.5 Å². The second-order valence-corrected chi connectivity index (χ2v) is 5.82. The first-order valence-corrected chi connectivity index (χ1v) is 7.83. The molecular weight excluding hydrogens is 392 g/mol. The van der Waals surface area contributed by atoms with Gasteiger partial charge in [-0.2, -0.15) is 18.3 Å². The molecule has 0 saturated carbocycles. The minimum Gasteiger partial charge on any atom is -0.292 e. The summed E-state index contributed by atoms with van der Waals surface area (Å²) in [7, 11) is 0. The molecule has 0 radical (unpaired) electrons. The highest BCUT2D eigenvalue weighted by molar-refractivity contribution is 6.31. The van der Waals surface area contributed by atoms with Gasteiger partial charge in [0.2, 0.25) is 11.9 Å². The molecule has 12 heteroatoms. The Morgan fingerprint density at radius 3 is 2.63 bits per heavy atom. The van der Waals surface area contributed by atoms with Gasteiger partial charge in [0.25, 0.3) is 0 Å². The number of alkyl halides is 3. The Hall–Kier alpha value is -2.95. The van der Waals surface area contributed by atoms with E-state index in [2.05, 4.69) is 20.5 Å². The van der Waals surface area contributed by atoms with E-state index < -0.39 is 30.1 Å². The molecule has 0 saturated heterocycles. The average Bonchev–Trinajstić information content (AvgIpc) is 3.20. The Bertz CT molecular complexity index is 947. The van der Waals surface area contributed by atoms with Crippen LogP contribution in [0.15, 0.2) is 36.8 Å². The van der Waals surface area contributed by atoms with Gasteiger partial charge >= 0.3 is 6.18 Å². The molecule has 0 aliphatic rings. The first-order chi connectivity index (χ1) is 12.7. The molecule has 1 N–H and O–H groups in total. The molecule has 27 heavy (non-hydrogen) atoms. The molecule has 1 aromatic carbocycles. The Morgan fingerprint density at radius 2 is 1.96 bits per heavy atom. The van der Waals surface area contributed by atoms with Crippen molar-refractivity contribution in [1.29, 1.82) is 0 Å². The molecule has 0 bridgehead atoms. The molecule has 7 nitrogen and oxygen atoms in total. The van der Waals surface area contributed by atoms with Crippen molar-refractivity contribution in [3.63, 3.8) is 0 Å². The molecule has 0 spiro atoms. The van der Waals surface area contributed by atoms with Gasteiger partial charge in [0.1, 0.15) is 18.7 Å². The third-order valence-corrected chi connectivity index (χ3v) is 3.76. The van der Waals surface area contributed by atoms with Crippen LogP contribution in [-0.4, -0.2) is 30.5 Å². The summed E-state index contributed by atoms with van der Waals surface area (Å²) in [5.74, 6) is -1.27. The number of amides is 1. The molecule has 3 rings (SSSR count). The van der Waals surface area contributed by atoms with E-state index in [4.69, 9.17) is 11.6 Å². The lowest BCUT2D eigenvalue weighted by atomic mass is 10.2. The number of aromatic nitrogens is 5. The van der Waals surface area contributed by atoms with Crippen molar-refractivity contribution in [2.24, 2.45) is 0 Å². The lowest BCUT2D eigenvalue weighted by molar-refractivity contribution is -0.141. The zero-order valence-electron chi connectivity index (χ0n) is 13.4. The van der Waals surface area contributed by atoms with Gasteiger partial charge in [0, 0.05) is 16.8 Å². The maximum atomic E-state index is 13.8. The number of carbonyl (C=O) groups is 1. The monoisotopic (exact) mass is 402 g/mol. The van der Waals surface area contributed by atoms with E-state index in [-0.39, 0.29) is 23.1 Å². The molecule has 3 aromatic rings. The van der Waals surface area contributed by atoms with Crippen LogP contribution in [0.2, 0.25) is 5.02 Å². The standard InChI is InChI=1S/C15H11ClF4N6O/c16-10-2-1-3-11(17)9(10)6-26-8-21-14(24-26)22-13(27)7-25-5-4-12(23-25)15(18,19)20/h1-5,8H,6-7H2,(H,22,24,27). The minimum absolute atomic E-state index is 0.0114. The number of nitrogens with one attached hydrogen (secondary N) is 1. The fourth-order valence-electron chi connectivity index (χ4n) is 2.19. The number of hydrogen-bond donors (Lipinski definition) is 1. The van der Waals surface area contributed by atoms with Crippen LogP contribution in [0.1, 0.15) is 11.3 Å². The number of rotatable bonds is 5. The van der Waals surface area contributed by atoms with Crippen molar-refractivity contribution in [3.05, 3.63) is 58.9 Å². The van der Waals surface area contributed by atoms with Crippen LogP contribution >= 0.6 is 11.6 Å². The van der Waals surface area contributed by atoms with Crippen molar-refractivity contribution in [3.8, 4) is 0 Å². The number of halogens is 5. The third kappa shape index (κ3) is 4.61. The topological polar surface area (TPSA) is 77.6 Å². The average molecular weight is 403 g/mol. The maximum Gasteiger partial charge on any atom is 0.435 e. The third-order valence-electron chi connectivity index (χ3n) is 3.41. The van der Waals surface area contributed by atoms with E-state index in [1.165, 1.54) is 29.2 Å². The van der Waals surface area contributed by atoms with Gasteiger partial charge < -0.3 is 0 Å². The van der Waals surface area contributed by atoms with Crippen LogP contribution in [0.25, 0.3) is 0 Å². The van der Waals surface area contributed by atoms with Crippen LogP contribution in [0, 0.1) is 5.82 Å². The predicted molar refractivity (Wildman–Crippen MR) is 86.4 cm³/mol. The highest BCUT2D eigenvalue weighted by Gasteiger charge is 2.33. The van der Waals surface area contributed by atoms with Crippen molar-refractivity contribution in [1.82, 2.24) is 24.5 Å². The van der Waals surface area contributed by atoms with E-state index in [0.717, 1.165) is 16.9 Å². The first-order valence-electron chi connectivity index (χ1n) is 7.45. The van der Waals surface area contributed by atoms with Gasteiger partial charge in [-0.15, -0.1) is 5.10 Å². The van der Waals surface area contributed by atoms with Crippen molar-refractivity contribution < 1.29 is 22.4 Å². The normalized spacial score (nSPS) is 11.6. The molecule has 0 unspecified atom stereocenters. The fraction of sp³-hybridized carbons (Fsp3) is 0.200. The Labute approximate surface area is 154 Å². The van der Waals surface area contributed by atoms with E-state index in [1.807, 2.05) is 0 Å². The van der Waals surface area contributed by atoms with Gasteiger partial charge in [-0.1, -0.05) is 17.7 Å². The lowest BCUT2D eigenvalue weighted by Gasteiger charge is -2.05. The Morgan fingerprint density at radius 1 is 1.19 bits per heavy atom. The molecule has 1 amide bonds. The molecule has 0 aliphatic carbocycles. The summed E-state index contributed by atoms with van der Waals surface area (Å²) in [6, 6.07) is 5.00. The van der Waals surface area contributed by atoms with Gasteiger partial charge in [-0.25, -0.2) is 14.1 Å². The van der Waals surface area contributed by atoms with Gasteiger partial charge in [0.15, 0.2) is 5.69 Å². The Balaban J connectivity index is 1.62. The summed E-state index contributed by atoms with van der Waals surface area (Å²) in [5, 5.41) is 9.77. The second kappa shape index (κ2) is 7.35. The zero-order chi connectivity index (χ0) is 19.6. The summed E-state index contributed by atoms with van der Waals surface area (Å²) in [4.78, 5) is 15.7. The summed E-state index contributed by atoms with van der Waals surface area (Å²) < 4.78 is 53.3. The summed E-state index contributed by atoms with van der Waals surface area (Å²) in [6.45, 7) is -0.466. The van der Waals surface area contributed by atoms with Gasteiger partial charge in [-0.3, -0.25) is 14.8 Å². The van der Waals surface area contributed by atoms with E-state index in [0.29, 0.717) is 0 Å². The van der Waals surface area contributed by atoms with Gasteiger partial charge in [-0.05, 0) is 18.2 Å². The molecule has 0 fully saturated rings. The van der Waals surface area contributed by atoms with Crippen molar-refractivity contribution in [2.45, 2.75) is 19.3 Å². The largest absolute Gasteiger partial charge is 0.435 e. The molecule has 2 aromatic heterocycles. The van der Waals surface area contributed by atoms with E-state index in [9.17, 15) is 22.4 Å². The molecule has 0 atom stereocenters. The van der Waals surface area contributed by atoms with Crippen LogP contribution < -0.4 is 5.32 Å². The Kier molecular flexibility index (Phi) is 5.13. The SMILES string of the molecule is O=C(Cn1ccc(C(F)(F)F)n1)Nc1ncn(Cc2c(F)cccc2Cl)n1. The maximum absolute atomic E-state index is 13.8. The number of hydrogen-bond acceptors (Lipinski definition) is 4. The molecule has 142 valence electrons. The van der Waals surface area contributed by atoms with Crippen molar-refractivity contribution in [2.75, 3.05) is 5.32 Å². The van der Waals surface area contributed by atoms with Crippen LogP contribution in [0.5, 0.6) is 0 Å². The smallest absolute Gasteiger partial charge is 0.292 e. The molecule has 0 aliphatic heterocycles. The summed E-state index contributed by atoms with van der Waals surface area (Å²) in [5.41, 5.74) is -0.891. The number of anilines is 1. The molecule has 2 heterocycles. The highest BCUT2D eigenvalue weighted by Crippen LogP contribution is 2.27. The minimum atomic E-state index is -4.59. The first kappa shape index (κ1) is 18.8. The summed E-state index contributed by atoms with van der Waals surface area (Å²) >= 11 is 5.93. The molecular formula is C15H11ClF4N6O. The predicted octanol–water partition coefficient (Wildman–Crippen LogP) is 2.97. The van der Waals surface area contributed by atoms with Crippen LogP contribution in [0.4, 0.5) is 23.5 Å². The van der Waals surface area contributed by atoms with Crippen LogP contribution in [0.3, 0.4) is 0 Å². The zero-order valence-corrected chi connectivity index (χ0v) is 14.2. The highest BCUT2D eigenvalue weighted by atomic mass is 35.5. The number of nitrogens with zero attached hydrogens (tertiary/aromatic N) is 5. The van der Waals surface area contributed by atoms with Crippen LogP contribution in [-0.2, 0) is 24.1 Å². The second-order valence-electron chi connectivity index (χ2n) is 5.41. The summed E-state index contributed by atoms with van der Waals surface area (Å²) in [6.07, 6.45) is -2.29. The fourth-order valence-corrected chi connectivity index (χ4v) is 2.41.